The molecule has 0 aliphatic carbocycles. The van der Waals surface area contributed by atoms with Crippen LogP contribution in [0.25, 0.3) is 0 Å². The van der Waals surface area contributed by atoms with Crippen molar-refractivity contribution in [3.63, 3.8) is 0 Å². The summed E-state index contributed by atoms with van der Waals surface area (Å²) in [5.74, 6) is -1.57. The summed E-state index contributed by atoms with van der Waals surface area (Å²) in [7, 11) is 0. The molecule has 0 atom stereocenters. The molecule has 2 aromatic carbocycles. The number of azo groups is 1. The lowest BCUT2D eigenvalue weighted by Crippen LogP contribution is -1.96. The maximum Gasteiger partial charge on any atom is 0.339 e. The van der Waals surface area contributed by atoms with Gasteiger partial charge in [-0.2, -0.15) is 5.11 Å². The topological polar surface area (TPSA) is 82.2 Å². The smallest absolute Gasteiger partial charge is 0.339 e. The van der Waals surface area contributed by atoms with Gasteiger partial charge in [0, 0.05) is 5.02 Å². The van der Waals surface area contributed by atoms with Crippen molar-refractivity contribution in [1.29, 1.82) is 0 Å². The lowest BCUT2D eigenvalue weighted by atomic mass is 10.1. The Morgan fingerprint density at radius 3 is 2.43 bits per heavy atom. The van der Waals surface area contributed by atoms with Crippen molar-refractivity contribution in [3.8, 4) is 5.75 Å². The lowest BCUT2D eigenvalue weighted by molar-refractivity contribution is 0.0694. The summed E-state index contributed by atoms with van der Waals surface area (Å²) in [6.07, 6.45) is 0. The Hall–Kier alpha value is -2.11. The molecule has 0 aliphatic rings. The molecular weight excluding hydrogens is 315 g/mol. The maximum atomic E-state index is 11.0. The van der Waals surface area contributed by atoms with Gasteiger partial charge in [0.2, 0.25) is 0 Å². The van der Waals surface area contributed by atoms with Crippen LogP contribution >= 0.6 is 23.2 Å². The molecule has 2 rings (SSSR count). The maximum absolute atomic E-state index is 11.0. The SMILES string of the molecule is Cc1cc(O)c(C(=O)O)cc1N=Nc1cc(Cl)ccc1Cl. The van der Waals surface area contributed by atoms with Gasteiger partial charge in [-0.05, 0) is 42.8 Å². The number of aromatic carboxylic acids is 1. The van der Waals surface area contributed by atoms with Gasteiger partial charge in [-0.25, -0.2) is 4.79 Å². The standard InChI is InChI=1S/C14H10Cl2N2O3/c1-7-4-13(19)9(14(20)21)6-11(7)17-18-12-5-8(15)2-3-10(12)16/h2-6,19H,1H3,(H,20,21). The van der Waals surface area contributed by atoms with Crippen LogP contribution in [-0.2, 0) is 0 Å². The normalized spacial score (nSPS) is 11.0. The summed E-state index contributed by atoms with van der Waals surface area (Å²) in [5, 5.41) is 27.3. The molecule has 0 saturated heterocycles. The van der Waals surface area contributed by atoms with Crippen LogP contribution in [0.15, 0.2) is 40.6 Å². The summed E-state index contributed by atoms with van der Waals surface area (Å²) in [5.41, 5.74) is 1.03. The second kappa shape index (κ2) is 6.11. The van der Waals surface area contributed by atoms with E-state index in [0.717, 1.165) is 0 Å². The number of phenols is 1. The van der Waals surface area contributed by atoms with E-state index in [1.54, 1.807) is 25.1 Å². The minimum Gasteiger partial charge on any atom is -0.507 e. The number of rotatable bonds is 3. The first-order valence-electron chi connectivity index (χ1n) is 5.82. The number of aromatic hydroxyl groups is 1. The third-order valence-corrected chi connectivity index (χ3v) is 3.27. The van der Waals surface area contributed by atoms with E-state index in [-0.39, 0.29) is 11.3 Å². The number of carbonyl (C=O) groups is 1. The van der Waals surface area contributed by atoms with Crippen molar-refractivity contribution >= 4 is 40.5 Å². The van der Waals surface area contributed by atoms with Crippen molar-refractivity contribution in [3.05, 3.63) is 51.5 Å². The first-order chi connectivity index (χ1) is 9.88. The summed E-state index contributed by atoms with van der Waals surface area (Å²) in [6, 6.07) is 7.31. The van der Waals surface area contributed by atoms with Gasteiger partial charge in [0.15, 0.2) is 0 Å². The Morgan fingerprint density at radius 1 is 1.10 bits per heavy atom. The summed E-state index contributed by atoms with van der Waals surface area (Å²) in [6.45, 7) is 1.68. The van der Waals surface area contributed by atoms with Crippen molar-refractivity contribution in [2.75, 3.05) is 0 Å². The van der Waals surface area contributed by atoms with Crippen LogP contribution in [0, 0.1) is 6.92 Å². The molecule has 7 heteroatoms. The number of halogens is 2. The minimum atomic E-state index is -1.25. The number of hydrogen-bond donors (Lipinski definition) is 2. The van der Waals surface area contributed by atoms with Crippen LogP contribution in [0.5, 0.6) is 5.75 Å². The zero-order valence-corrected chi connectivity index (χ0v) is 12.4. The Kier molecular flexibility index (Phi) is 4.45. The van der Waals surface area contributed by atoms with Crippen molar-refractivity contribution in [2.24, 2.45) is 10.2 Å². The molecule has 2 aromatic rings. The molecule has 0 spiro atoms. The van der Waals surface area contributed by atoms with Gasteiger partial charge in [-0.3, -0.25) is 0 Å². The minimum absolute atomic E-state index is 0.244. The predicted molar refractivity (Wildman–Crippen MR) is 80.4 cm³/mol. The second-order valence-corrected chi connectivity index (χ2v) is 5.10. The van der Waals surface area contributed by atoms with Gasteiger partial charge in [-0.15, -0.1) is 5.11 Å². The molecule has 21 heavy (non-hydrogen) atoms. The lowest BCUT2D eigenvalue weighted by Gasteiger charge is -2.04. The van der Waals surface area contributed by atoms with E-state index in [2.05, 4.69) is 10.2 Å². The Bertz CT molecular complexity index is 745. The molecular formula is C14H10Cl2N2O3. The summed E-state index contributed by atoms with van der Waals surface area (Å²) >= 11 is 11.8. The molecule has 0 amide bonds. The highest BCUT2D eigenvalue weighted by molar-refractivity contribution is 6.35. The average molecular weight is 325 g/mol. The van der Waals surface area contributed by atoms with Crippen LogP contribution in [0.3, 0.4) is 0 Å². The molecule has 0 unspecified atom stereocenters. The number of nitrogens with zero attached hydrogens (tertiary/aromatic N) is 2. The third-order valence-electron chi connectivity index (χ3n) is 2.72. The van der Waals surface area contributed by atoms with Crippen LogP contribution < -0.4 is 0 Å². The van der Waals surface area contributed by atoms with Crippen molar-refractivity contribution in [2.45, 2.75) is 6.92 Å². The fourth-order valence-electron chi connectivity index (χ4n) is 1.63. The average Bonchev–Trinajstić information content (AvgIpc) is 2.41. The van der Waals surface area contributed by atoms with Gasteiger partial charge < -0.3 is 10.2 Å². The van der Waals surface area contributed by atoms with E-state index in [1.807, 2.05) is 0 Å². The van der Waals surface area contributed by atoms with E-state index >= 15 is 0 Å². The third kappa shape index (κ3) is 3.51. The number of benzene rings is 2. The van der Waals surface area contributed by atoms with Gasteiger partial charge in [0.1, 0.15) is 17.0 Å². The zero-order chi connectivity index (χ0) is 15.6. The molecule has 0 fully saturated rings. The van der Waals surface area contributed by atoms with E-state index in [0.29, 0.717) is 27.0 Å². The predicted octanol–water partition coefficient (Wildman–Crippen LogP) is 5.12. The molecule has 0 saturated carbocycles. The Morgan fingerprint density at radius 2 is 1.76 bits per heavy atom. The molecule has 0 radical (unpaired) electrons. The highest BCUT2D eigenvalue weighted by Gasteiger charge is 2.12. The molecule has 108 valence electrons. The Balaban J connectivity index is 2.43. The van der Waals surface area contributed by atoms with E-state index < -0.39 is 5.97 Å². The van der Waals surface area contributed by atoms with Gasteiger partial charge in [0.25, 0.3) is 0 Å². The van der Waals surface area contributed by atoms with Crippen LogP contribution in [0.4, 0.5) is 11.4 Å². The number of carboxylic acids is 1. The fourth-order valence-corrected chi connectivity index (χ4v) is 1.95. The first-order valence-corrected chi connectivity index (χ1v) is 6.58. The zero-order valence-electron chi connectivity index (χ0n) is 10.8. The molecule has 0 heterocycles. The van der Waals surface area contributed by atoms with Gasteiger partial charge in [0.05, 0.1) is 10.7 Å². The van der Waals surface area contributed by atoms with E-state index in [4.69, 9.17) is 28.3 Å². The van der Waals surface area contributed by atoms with Crippen LogP contribution in [0.1, 0.15) is 15.9 Å². The largest absolute Gasteiger partial charge is 0.507 e. The molecule has 0 bridgehead atoms. The van der Waals surface area contributed by atoms with Crippen LogP contribution in [0.2, 0.25) is 10.0 Å². The highest BCUT2D eigenvalue weighted by atomic mass is 35.5. The first kappa shape index (κ1) is 15.3. The molecule has 0 aromatic heterocycles. The van der Waals surface area contributed by atoms with Crippen molar-refractivity contribution < 1.29 is 15.0 Å². The van der Waals surface area contributed by atoms with E-state index in [9.17, 15) is 9.90 Å². The van der Waals surface area contributed by atoms with E-state index in [1.165, 1.54) is 12.1 Å². The monoisotopic (exact) mass is 324 g/mol. The molecule has 5 nitrogen and oxygen atoms in total. The highest BCUT2D eigenvalue weighted by Crippen LogP contribution is 2.32. The molecule has 2 N–H and O–H groups in total. The van der Waals surface area contributed by atoms with Crippen molar-refractivity contribution in [1.82, 2.24) is 0 Å². The molecule has 0 aliphatic heterocycles. The van der Waals surface area contributed by atoms with Gasteiger partial charge >= 0.3 is 5.97 Å². The fraction of sp³-hybridized carbons (Fsp3) is 0.0714. The second-order valence-electron chi connectivity index (χ2n) is 4.26. The van der Waals surface area contributed by atoms with Gasteiger partial charge in [-0.1, -0.05) is 23.2 Å². The van der Waals surface area contributed by atoms with Crippen LogP contribution in [-0.4, -0.2) is 16.2 Å². The summed E-state index contributed by atoms with van der Waals surface area (Å²) < 4.78 is 0. The Labute approximate surface area is 130 Å². The number of hydrogen-bond acceptors (Lipinski definition) is 4. The number of carboxylic acid groups (broad SMARTS) is 1. The quantitative estimate of drug-likeness (QED) is 0.768. The summed E-state index contributed by atoms with van der Waals surface area (Å²) in [4.78, 5) is 11.0. The number of aryl methyl sites for hydroxylation is 1.